The number of ether oxygens (including phenoxy) is 1. The van der Waals surface area contributed by atoms with E-state index in [-0.39, 0.29) is 5.60 Å². The van der Waals surface area contributed by atoms with Gasteiger partial charge in [-0.05, 0) is 60.6 Å². The number of carbonyl (C=O) groups is 1. The predicted octanol–water partition coefficient (Wildman–Crippen LogP) is 3.57. The van der Waals surface area contributed by atoms with Crippen molar-refractivity contribution >= 4 is 12.0 Å². The minimum Gasteiger partial charge on any atom is -0.487 e. The largest absolute Gasteiger partial charge is 0.487 e. The topological polar surface area (TPSA) is 61.8 Å². The van der Waals surface area contributed by atoms with E-state index in [9.17, 15) is 4.79 Å². The molecule has 1 fully saturated rings. The number of hydroxylamine groups is 1. The highest BCUT2D eigenvalue weighted by atomic mass is 16.5. The van der Waals surface area contributed by atoms with Crippen LogP contribution in [-0.4, -0.2) is 34.7 Å². The Morgan fingerprint density at radius 3 is 2.68 bits per heavy atom. The summed E-state index contributed by atoms with van der Waals surface area (Å²) in [5, 5.41) is 8.57. The van der Waals surface area contributed by atoms with E-state index in [0.29, 0.717) is 0 Å². The highest BCUT2D eigenvalue weighted by molar-refractivity contribution is 5.90. The zero-order valence-corrected chi connectivity index (χ0v) is 15.9. The summed E-state index contributed by atoms with van der Waals surface area (Å²) in [5.74, 6) is 0.432. The predicted molar refractivity (Wildman–Crippen MR) is 108 cm³/mol. The lowest BCUT2D eigenvalue weighted by molar-refractivity contribution is -0.124. The van der Waals surface area contributed by atoms with Crippen molar-refractivity contribution in [1.29, 1.82) is 0 Å². The molecule has 1 amide bonds. The van der Waals surface area contributed by atoms with Gasteiger partial charge in [-0.15, -0.1) is 0 Å². The van der Waals surface area contributed by atoms with Gasteiger partial charge in [-0.1, -0.05) is 36.4 Å². The highest BCUT2D eigenvalue weighted by Crippen LogP contribution is 2.40. The normalized spacial score (nSPS) is 18.6. The van der Waals surface area contributed by atoms with Crippen molar-refractivity contribution in [3.05, 3.63) is 71.3 Å². The van der Waals surface area contributed by atoms with Crippen LogP contribution in [0.2, 0.25) is 0 Å². The lowest BCUT2D eigenvalue weighted by atomic mass is 9.82. The number of nitrogens with one attached hydrogen (secondary N) is 1. The third kappa shape index (κ3) is 4.26. The number of fused-ring (bicyclic) bond motifs is 1. The molecule has 2 aromatic carbocycles. The van der Waals surface area contributed by atoms with E-state index in [2.05, 4.69) is 41.3 Å². The van der Waals surface area contributed by atoms with Crippen molar-refractivity contribution in [2.75, 3.05) is 13.1 Å². The first-order chi connectivity index (χ1) is 13.7. The van der Waals surface area contributed by atoms with E-state index >= 15 is 0 Å². The number of hydrogen-bond acceptors (Lipinski definition) is 4. The second kappa shape index (κ2) is 8.17. The smallest absolute Gasteiger partial charge is 0.267 e. The van der Waals surface area contributed by atoms with Crippen LogP contribution in [-0.2, 0) is 17.8 Å². The molecular formula is C23H26N2O3. The highest BCUT2D eigenvalue weighted by Gasteiger charge is 2.39. The Labute approximate surface area is 165 Å². The van der Waals surface area contributed by atoms with Crippen molar-refractivity contribution in [3.63, 3.8) is 0 Å². The second-order valence-electron chi connectivity index (χ2n) is 7.72. The summed E-state index contributed by atoms with van der Waals surface area (Å²) in [6, 6.07) is 16.6. The van der Waals surface area contributed by atoms with Gasteiger partial charge in [-0.3, -0.25) is 14.9 Å². The average molecular weight is 378 g/mol. The van der Waals surface area contributed by atoms with Gasteiger partial charge in [0.2, 0.25) is 0 Å². The van der Waals surface area contributed by atoms with Gasteiger partial charge in [0.25, 0.3) is 5.91 Å². The number of aryl methyl sites for hydroxylation is 1. The van der Waals surface area contributed by atoms with Gasteiger partial charge >= 0.3 is 0 Å². The average Bonchev–Trinajstić information content (AvgIpc) is 2.74. The molecule has 4 rings (SSSR count). The van der Waals surface area contributed by atoms with Crippen molar-refractivity contribution < 1.29 is 14.7 Å². The summed E-state index contributed by atoms with van der Waals surface area (Å²) < 4.78 is 6.49. The van der Waals surface area contributed by atoms with Crippen LogP contribution in [0.25, 0.3) is 6.08 Å². The van der Waals surface area contributed by atoms with Gasteiger partial charge < -0.3 is 4.74 Å². The van der Waals surface area contributed by atoms with Gasteiger partial charge in [0.1, 0.15) is 11.4 Å². The summed E-state index contributed by atoms with van der Waals surface area (Å²) in [6.07, 6.45) is 7.13. The minimum atomic E-state index is -0.532. The third-order valence-corrected chi connectivity index (χ3v) is 5.81. The zero-order valence-electron chi connectivity index (χ0n) is 15.9. The van der Waals surface area contributed by atoms with Gasteiger partial charge in [0.15, 0.2) is 0 Å². The van der Waals surface area contributed by atoms with E-state index in [1.807, 2.05) is 12.1 Å². The third-order valence-electron chi connectivity index (χ3n) is 5.81. The Bertz CT molecular complexity index is 855. The molecule has 2 aromatic rings. The summed E-state index contributed by atoms with van der Waals surface area (Å²) in [7, 11) is 0. The van der Waals surface area contributed by atoms with E-state index in [1.54, 1.807) is 11.6 Å². The number of nitrogens with zero attached hydrogens (tertiary/aromatic N) is 1. The van der Waals surface area contributed by atoms with Crippen LogP contribution in [0, 0.1) is 0 Å². The van der Waals surface area contributed by atoms with Gasteiger partial charge in [0.05, 0.1) is 0 Å². The fraction of sp³-hybridized carbons (Fsp3) is 0.348. The molecule has 0 unspecified atom stereocenters. The maximum Gasteiger partial charge on any atom is 0.267 e. The number of benzene rings is 2. The van der Waals surface area contributed by atoms with Crippen LogP contribution >= 0.6 is 0 Å². The van der Waals surface area contributed by atoms with Crippen LogP contribution in [0.3, 0.4) is 0 Å². The molecule has 0 atom stereocenters. The van der Waals surface area contributed by atoms with E-state index in [1.165, 1.54) is 17.2 Å². The van der Waals surface area contributed by atoms with E-state index < -0.39 is 5.91 Å². The van der Waals surface area contributed by atoms with Crippen LogP contribution in [0.15, 0.2) is 54.6 Å². The summed E-state index contributed by atoms with van der Waals surface area (Å²) in [6.45, 7) is 3.12. The molecule has 0 radical (unpaired) electrons. The first-order valence-corrected chi connectivity index (χ1v) is 9.86. The fourth-order valence-electron chi connectivity index (χ4n) is 4.17. The minimum absolute atomic E-state index is 0.0473. The quantitative estimate of drug-likeness (QED) is 0.485. The Balaban J connectivity index is 1.38. The molecule has 2 N–H and O–H groups in total. The molecule has 2 aliphatic rings. The summed E-state index contributed by atoms with van der Waals surface area (Å²) in [5.41, 5.74) is 5.03. The molecule has 2 aliphatic heterocycles. The Morgan fingerprint density at radius 1 is 1.14 bits per heavy atom. The van der Waals surface area contributed by atoms with Gasteiger partial charge in [-0.2, -0.15) is 0 Å². The Kier molecular flexibility index (Phi) is 5.46. The van der Waals surface area contributed by atoms with Crippen molar-refractivity contribution in [1.82, 2.24) is 10.4 Å². The number of hydrogen-bond donors (Lipinski definition) is 2. The van der Waals surface area contributed by atoms with E-state index in [4.69, 9.17) is 9.94 Å². The van der Waals surface area contributed by atoms with Crippen molar-refractivity contribution in [2.24, 2.45) is 0 Å². The lowest BCUT2D eigenvalue weighted by Gasteiger charge is -2.44. The number of carbonyl (C=O) groups excluding carboxylic acids is 1. The molecule has 2 heterocycles. The number of piperidine rings is 1. The first-order valence-electron chi connectivity index (χ1n) is 9.86. The molecular weight excluding hydrogens is 352 g/mol. The Morgan fingerprint density at radius 2 is 1.93 bits per heavy atom. The second-order valence-corrected chi connectivity index (χ2v) is 7.72. The van der Waals surface area contributed by atoms with Crippen LogP contribution in [0.1, 0.15) is 36.0 Å². The first kappa shape index (κ1) is 18.7. The maximum atomic E-state index is 11.1. The number of amides is 1. The summed E-state index contributed by atoms with van der Waals surface area (Å²) >= 11 is 0. The molecule has 28 heavy (non-hydrogen) atoms. The van der Waals surface area contributed by atoms with Crippen molar-refractivity contribution in [2.45, 2.75) is 37.8 Å². The van der Waals surface area contributed by atoms with Crippen molar-refractivity contribution in [3.8, 4) is 5.75 Å². The zero-order chi connectivity index (χ0) is 19.4. The van der Waals surface area contributed by atoms with Gasteiger partial charge in [0, 0.05) is 25.7 Å². The van der Waals surface area contributed by atoms with Crippen LogP contribution in [0.5, 0.6) is 5.75 Å². The molecule has 0 aliphatic carbocycles. The summed E-state index contributed by atoms with van der Waals surface area (Å²) in [4.78, 5) is 13.7. The lowest BCUT2D eigenvalue weighted by Crippen LogP contribution is -2.49. The molecule has 5 heteroatoms. The van der Waals surface area contributed by atoms with Gasteiger partial charge in [-0.25, -0.2) is 5.48 Å². The van der Waals surface area contributed by atoms with Crippen LogP contribution in [0.4, 0.5) is 0 Å². The number of likely N-dealkylation sites (tertiary alicyclic amines) is 1. The SMILES string of the molecule is O=C(/C=C/c1ccc2c(c1)CCC1(CCN(Cc3ccccc3)CC1)O2)NO. The monoisotopic (exact) mass is 378 g/mol. The number of rotatable bonds is 4. The van der Waals surface area contributed by atoms with Crippen LogP contribution < -0.4 is 10.2 Å². The van der Waals surface area contributed by atoms with E-state index in [0.717, 1.165) is 56.6 Å². The molecule has 146 valence electrons. The molecule has 0 bridgehead atoms. The molecule has 1 spiro atoms. The molecule has 0 aromatic heterocycles. The standard InChI is InChI=1S/C23H26N2O3/c26-22(24-27)9-7-18-6-8-21-20(16-18)10-11-23(28-21)12-14-25(15-13-23)17-19-4-2-1-3-5-19/h1-9,16,27H,10-15,17H2,(H,24,26)/b9-7+. The molecule has 0 saturated carbocycles. The fourth-order valence-corrected chi connectivity index (χ4v) is 4.17. The Hall–Kier alpha value is -2.63. The molecule has 5 nitrogen and oxygen atoms in total. The maximum absolute atomic E-state index is 11.1. The molecule has 1 saturated heterocycles.